The second kappa shape index (κ2) is 8.48. The third-order valence-electron chi connectivity index (χ3n) is 5.32. The van der Waals surface area contributed by atoms with E-state index in [1.54, 1.807) is 0 Å². The van der Waals surface area contributed by atoms with E-state index < -0.39 is 0 Å². The van der Waals surface area contributed by atoms with Crippen molar-refractivity contribution in [1.82, 2.24) is 5.32 Å². The van der Waals surface area contributed by atoms with Crippen molar-refractivity contribution < 1.29 is 13.9 Å². The van der Waals surface area contributed by atoms with Crippen LogP contribution in [0, 0.1) is 27.7 Å². The lowest BCUT2D eigenvalue weighted by Gasteiger charge is -2.09. The molecular formula is C26H24ClNO3. The predicted octanol–water partition coefficient (Wildman–Crippen LogP) is 7.04. The van der Waals surface area contributed by atoms with Gasteiger partial charge in [0.2, 0.25) is 0 Å². The van der Waals surface area contributed by atoms with Crippen LogP contribution in [0.5, 0.6) is 11.5 Å². The Labute approximate surface area is 186 Å². The van der Waals surface area contributed by atoms with Gasteiger partial charge in [-0.25, -0.2) is 0 Å². The molecule has 1 aromatic heterocycles. The molecule has 0 radical (unpaired) electrons. The first kappa shape index (κ1) is 21.0. The summed E-state index contributed by atoms with van der Waals surface area (Å²) < 4.78 is 11.8. The number of benzene rings is 3. The van der Waals surface area contributed by atoms with E-state index >= 15 is 0 Å². The number of fused-ring (bicyclic) bond motifs is 1. The second-order valence-corrected chi connectivity index (χ2v) is 8.26. The van der Waals surface area contributed by atoms with Crippen molar-refractivity contribution >= 4 is 28.5 Å². The summed E-state index contributed by atoms with van der Waals surface area (Å²) in [6.07, 6.45) is 0. The lowest BCUT2D eigenvalue weighted by Crippen LogP contribution is -2.22. The molecule has 158 valence electrons. The molecule has 0 aliphatic carbocycles. The summed E-state index contributed by atoms with van der Waals surface area (Å²) in [4.78, 5) is 12.7. The molecule has 5 heteroatoms. The SMILES string of the molecule is Cc1cc(C)c2oc(C(=O)NCc3ccc(Oc4ccc(Cl)c(C)c4)cc3)c(C)c2c1. The smallest absolute Gasteiger partial charge is 0.287 e. The van der Waals surface area contributed by atoms with Crippen molar-refractivity contribution in [3.63, 3.8) is 0 Å². The molecule has 4 nitrogen and oxygen atoms in total. The van der Waals surface area contributed by atoms with E-state index in [0.717, 1.165) is 50.3 Å². The summed E-state index contributed by atoms with van der Waals surface area (Å²) in [5, 5.41) is 4.64. The van der Waals surface area contributed by atoms with Crippen LogP contribution in [0.15, 0.2) is 59.0 Å². The summed E-state index contributed by atoms with van der Waals surface area (Å²) in [6.45, 7) is 8.29. The Morgan fingerprint density at radius 1 is 0.935 bits per heavy atom. The average Bonchev–Trinajstić information content (AvgIpc) is 3.07. The number of carbonyl (C=O) groups is 1. The number of furan rings is 1. The standard InChI is InChI=1S/C26H24ClNO3/c1-15-11-17(3)24-22(12-15)18(4)25(31-24)26(29)28-14-19-5-7-20(8-6-19)30-21-9-10-23(27)16(2)13-21/h5-13H,14H2,1-4H3,(H,28,29). The number of hydrogen-bond acceptors (Lipinski definition) is 3. The highest BCUT2D eigenvalue weighted by molar-refractivity contribution is 6.31. The molecule has 0 saturated heterocycles. The van der Waals surface area contributed by atoms with E-state index in [1.807, 2.05) is 70.2 Å². The van der Waals surface area contributed by atoms with Gasteiger partial charge in [0.05, 0.1) is 0 Å². The van der Waals surface area contributed by atoms with Gasteiger partial charge in [-0.2, -0.15) is 0 Å². The number of rotatable bonds is 5. The molecule has 3 aromatic carbocycles. The van der Waals surface area contributed by atoms with Crippen molar-refractivity contribution in [2.24, 2.45) is 0 Å². The molecule has 0 aliphatic rings. The van der Waals surface area contributed by atoms with Crippen LogP contribution >= 0.6 is 11.6 Å². The number of hydrogen-bond donors (Lipinski definition) is 1. The molecule has 1 heterocycles. The largest absolute Gasteiger partial charge is 0.457 e. The molecule has 4 aromatic rings. The topological polar surface area (TPSA) is 51.5 Å². The Hall–Kier alpha value is -3.24. The molecule has 0 atom stereocenters. The van der Waals surface area contributed by atoms with Crippen molar-refractivity contribution in [2.75, 3.05) is 0 Å². The minimum absolute atomic E-state index is 0.220. The molecule has 0 unspecified atom stereocenters. The predicted molar refractivity (Wildman–Crippen MR) is 124 cm³/mol. The van der Waals surface area contributed by atoms with Crippen LogP contribution in [0.25, 0.3) is 11.0 Å². The van der Waals surface area contributed by atoms with Gasteiger partial charge in [-0.15, -0.1) is 0 Å². The van der Waals surface area contributed by atoms with Gasteiger partial charge in [0.25, 0.3) is 5.91 Å². The Morgan fingerprint density at radius 3 is 2.35 bits per heavy atom. The van der Waals surface area contributed by atoms with Crippen LogP contribution in [0.1, 0.15) is 38.4 Å². The molecule has 0 fully saturated rings. The lowest BCUT2D eigenvalue weighted by atomic mass is 10.1. The maximum absolute atomic E-state index is 12.7. The van der Waals surface area contributed by atoms with E-state index in [1.165, 1.54) is 0 Å². The van der Waals surface area contributed by atoms with E-state index in [2.05, 4.69) is 17.4 Å². The zero-order chi connectivity index (χ0) is 22.1. The van der Waals surface area contributed by atoms with Gasteiger partial charge in [0, 0.05) is 22.5 Å². The first-order valence-corrected chi connectivity index (χ1v) is 10.5. The zero-order valence-corrected chi connectivity index (χ0v) is 18.8. The van der Waals surface area contributed by atoms with E-state index in [4.69, 9.17) is 20.8 Å². The molecule has 4 rings (SSSR count). The van der Waals surface area contributed by atoms with E-state index in [9.17, 15) is 4.79 Å². The molecule has 0 spiro atoms. The first-order chi connectivity index (χ1) is 14.8. The Bertz CT molecular complexity index is 1270. The van der Waals surface area contributed by atoms with Gasteiger partial charge in [0.1, 0.15) is 17.1 Å². The van der Waals surface area contributed by atoms with Gasteiger partial charge in [-0.1, -0.05) is 29.8 Å². The highest BCUT2D eigenvalue weighted by Crippen LogP contribution is 2.29. The highest BCUT2D eigenvalue weighted by atomic mass is 35.5. The van der Waals surface area contributed by atoms with E-state index in [-0.39, 0.29) is 5.91 Å². The summed E-state index contributed by atoms with van der Waals surface area (Å²) in [6, 6.07) is 17.3. The van der Waals surface area contributed by atoms with Crippen LogP contribution in [0.4, 0.5) is 0 Å². The van der Waals surface area contributed by atoms with Gasteiger partial charge in [-0.3, -0.25) is 4.79 Å². The van der Waals surface area contributed by atoms with Crippen molar-refractivity contribution in [2.45, 2.75) is 34.2 Å². The Balaban J connectivity index is 1.43. The second-order valence-electron chi connectivity index (χ2n) is 7.85. The van der Waals surface area contributed by atoms with Gasteiger partial charge in [-0.05, 0) is 86.3 Å². The number of nitrogens with one attached hydrogen (secondary N) is 1. The number of carbonyl (C=O) groups excluding carboxylic acids is 1. The lowest BCUT2D eigenvalue weighted by molar-refractivity contribution is 0.0924. The van der Waals surface area contributed by atoms with Gasteiger partial charge in [0.15, 0.2) is 5.76 Å². The van der Waals surface area contributed by atoms with Crippen LogP contribution < -0.4 is 10.1 Å². The molecule has 1 amide bonds. The van der Waals surface area contributed by atoms with E-state index in [0.29, 0.717) is 17.3 Å². The van der Waals surface area contributed by atoms with Crippen LogP contribution in [-0.2, 0) is 6.54 Å². The zero-order valence-electron chi connectivity index (χ0n) is 18.0. The number of amides is 1. The summed E-state index contributed by atoms with van der Waals surface area (Å²) >= 11 is 6.06. The molecule has 0 saturated carbocycles. The maximum atomic E-state index is 12.7. The molecule has 0 bridgehead atoms. The fraction of sp³-hybridized carbons (Fsp3) is 0.192. The van der Waals surface area contributed by atoms with Crippen molar-refractivity contribution in [3.05, 3.63) is 93.2 Å². The molecule has 0 aliphatic heterocycles. The number of halogens is 1. The van der Waals surface area contributed by atoms with Crippen molar-refractivity contribution in [1.29, 1.82) is 0 Å². The van der Waals surface area contributed by atoms with Crippen molar-refractivity contribution in [3.8, 4) is 11.5 Å². The molecule has 31 heavy (non-hydrogen) atoms. The third-order valence-corrected chi connectivity index (χ3v) is 5.74. The fourth-order valence-corrected chi connectivity index (χ4v) is 3.76. The Morgan fingerprint density at radius 2 is 1.65 bits per heavy atom. The third kappa shape index (κ3) is 4.44. The number of aryl methyl sites for hydroxylation is 4. The highest BCUT2D eigenvalue weighted by Gasteiger charge is 2.18. The monoisotopic (exact) mass is 433 g/mol. The van der Waals surface area contributed by atoms with Gasteiger partial charge >= 0.3 is 0 Å². The minimum Gasteiger partial charge on any atom is -0.457 e. The van der Waals surface area contributed by atoms with Gasteiger partial charge < -0.3 is 14.5 Å². The van der Waals surface area contributed by atoms with Crippen LogP contribution in [0.3, 0.4) is 0 Å². The maximum Gasteiger partial charge on any atom is 0.287 e. The summed E-state index contributed by atoms with van der Waals surface area (Å²) in [5.74, 6) is 1.59. The van der Waals surface area contributed by atoms with Crippen LogP contribution in [0.2, 0.25) is 5.02 Å². The normalized spacial score (nSPS) is 11.0. The first-order valence-electron chi connectivity index (χ1n) is 10.1. The summed E-state index contributed by atoms with van der Waals surface area (Å²) in [5.41, 5.74) is 5.74. The fourth-order valence-electron chi connectivity index (χ4n) is 3.64. The minimum atomic E-state index is -0.220. The summed E-state index contributed by atoms with van der Waals surface area (Å²) in [7, 11) is 0. The molecular weight excluding hydrogens is 410 g/mol. The quantitative estimate of drug-likeness (QED) is 0.367. The average molecular weight is 434 g/mol. The number of ether oxygens (including phenoxy) is 1. The Kier molecular flexibility index (Phi) is 5.75. The molecule has 1 N–H and O–H groups in total. The van der Waals surface area contributed by atoms with Crippen LogP contribution in [-0.4, -0.2) is 5.91 Å².